The molecule has 1 N–H and O–H groups in total. The van der Waals surface area contributed by atoms with Crippen LogP contribution in [0.25, 0.3) is 0 Å². The van der Waals surface area contributed by atoms with Crippen molar-refractivity contribution in [3.63, 3.8) is 0 Å². The second-order valence-corrected chi connectivity index (χ2v) is 26.2. The van der Waals surface area contributed by atoms with Crippen LogP contribution in [0.2, 0.25) is 36.3 Å². The van der Waals surface area contributed by atoms with Gasteiger partial charge in [-0.3, -0.25) is 9.60 Å². The fraction of sp³-hybridized carbons (Fsp3) is 0.625. The summed E-state index contributed by atoms with van der Waals surface area (Å²) in [4.78, 5) is 40.3. The van der Waals surface area contributed by atoms with Gasteiger partial charge in [-0.1, -0.05) is 110 Å². The molecule has 0 unspecified atom stereocenters. The third kappa shape index (κ3) is 15.6. The first-order chi connectivity index (χ1) is 24.2. The third-order valence-corrected chi connectivity index (χ3v) is 19.8. The van der Waals surface area contributed by atoms with Crippen LogP contribution in [0.15, 0.2) is 60.7 Å². The zero-order chi connectivity index (χ0) is 38.9. The van der Waals surface area contributed by atoms with Crippen LogP contribution in [0.4, 0.5) is 14.3 Å². The van der Waals surface area contributed by atoms with Gasteiger partial charge in [-0.2, -0.15) is 0 Å². The summed E-state index contributed by atoms with van der Waals surface area (Å²) in [6.45, 7) is 23.0. The van der Waals surface area contributed by atoms with Crippen LogP contribution in [0.5, 0.6) is 0 Å². The summed E-state index contributed by atoms with van der Waals surface area (Å²) in [7, 11) is -2.59. The number of methoxy groups -OCH3 is 1. The summed E-state index contributed by atoms with van der Waals surface area (Å²) in [6, 6.07) is 18.1. The number of nitrogens with zero attached hydrogens (tertiary/aromatic N) is 2. The minimum Gasteiger partial charge on any atom is -1.00 e. The number of halogens is 1. The first kappa shape index (κ1) is 55.5. The molecule has 2 saturated heterocycles. The first-order valence-corrected chi connectivity index (χ1v) is 24.0. The van der Waals surface area contributed by atoms with Crippen LogP contribution in [-0.4, -0.2) is 109 Å². The van der Waals surface area contributed by atoms with Crippen LogP contribution in [0.3, 0.4) is 0 Å². The number of benzene rings is 2. The summed E-state index contributed by atoms with van der Waals surface area (Å²) in [6.07, 6.45) is -0.0512. The van der Waals surface area contributed by atoms with E-state index < -0.39 is 34.7 Å². The molecule has 16 heteroatoms. The molecule has 4 rings (SSSR count). The normalized spacial score (nSPS) is 19.4. The van der Waals surface area contributed by atoms with Gasteiger partial charge in [0, 0.05) is 27.9 Å². The number of aliphatic hydroxyl groups is 1. The smallest absolute Gasteiger partial charge is 1.00 e. The molecular weight excluding hydrogens is 745 g/mol. The molecule has 0 saturated carbocycles. The third-order valence-electron chi connectivity index (χ3n) is 10.7. The van der Waals surface area contributed by atoms with Crippen LogP contribution in [0, 0.1) is 0 Å². The van der Waals surface area contributed by atoms with Crippen LogP contribution in [-0.2, 0) is 41.1 Å². The van der Waals surface area contributed by atoms with Crippen LogP contribution >= 0.6 is 0 Å². The summed E-state index contributed by atoms with van der Waals surface area (Å²) in [5, 5.41) is 9.82. The van der Waals surface area contributed by atoms with Gasteiger partial charge in [0.1, 0.15) is 19.3 Å². The van der Waals surface area contributed by atoms with Gasteiger partial charge in [0.05, 0.1) is 32.0 Å². The Balaban J connectivity index is -0.000000943. The number of carbonyl (C=O) groups is 3. The maximum absolute atomic E-state index is 12.6. The van der Waals surface area contributed by atoms with Crippen molar-refractivity contribution in [1.82, 2.24) is 9.80 Å². The number of ether oxygens (including phenoxy) is 3. The molecule has 11 nitrogen and oxygen atoms in total. The van der Waals surface area contributed by atoms with E-state index in [1.165, 1.54) is 12.0 Å². The Bertz CT molecular complexity index is 1470. The molecule has 2 amide bonds. The van der Waals surface area contributed by atoms with Gasteiger partial charge in [0.15, 0.2) is 16.6 Å². The molecule has 2 fully saturated rings. The molecule has 0 aliphatic carbocycles. The number of carbonyl (C=O) groups excluding carboxylic acids is 3. The van der Waals surface area contributed by atoms with E-state index >= 15 is 0 Å². The molecule has 2 aromatic rings. The Kier molecular flexibility index (Phi) is 23.5. The van der Waals surface area contributed by atoms with Crippen LogP contribution < -0.4 is 18.9 Å². The van der Waals surface area contributed by atoms with Gasteiger partial charge in [0.2, 0.25) is 0 Å². The zero-order valence-electron chi connectivity index (χ0n) is 36.1. The number of likely N-dealkylation sites (tertiary alicyclic amines) is 2. The number of hydrogen-bond donors (Lipinski definition) is 1. The SMILES string of the molecule is C.CC(C)(C)[Si](C)(C)O[C@@H]1C[C@H](CO)N(C(=O)OCc2ccccc2)C1.COC(=O)[C@H]1C[C@@H](O[Si](C)(C)C(C)(C)C)CN1C(=O)OCc1ccccc1.F.[B].[H-].[Li+]. The van der Waals surface area contributed by atoms with E-state index in [0.29, 0.717) is 25.9 Å². The van der Waals surface area contributed by atoms with Crippen molar-refractivity contribution in [3.05, 3.63) is 71.8 Å². The molecule has 0 spiro atoms. The van der Waals surface area contributed by atoms with E-state index in [1.807, 2.05) is 60.7 Å². The van der Waals surface area contributed by atoms with Gasteiger partial charge >= 0.3 is 37.0 Å². The Morgan fingerprint density at radius 2 is 1.11 bits per heavy atom. The predicted molar refractivity (Wildman–Crippen MR) is 223 cm³/mol. The number of amides is 2. The van der Waals surface area contributed by atoms with E-state index in [1.54, 1.807) is 4.90 Å². The molecular formula is C40H68BFLiN2O9Si2. The van der Waals surface area contributed by atoms with E-state index in [4.69, 9.17) is 23.1 Å². The second-order valence-electron chi connectivity index (χ2n) is 16.7. The maximum Gasteiger partial charge on any atom is 1.00 e. The summed E-state index contributed by atoms with van der Waals surface area (Å²) < 4.78 is 28.6. The summed E-state index contributed by atoms with van der Waals surface area (Å²) in [5.41, 5.74) is 1.85. The Morgan fingerprint density at radius 1 is 0.732 bits per heavy atom. The van der Waals surface area contributed by atoms with Gasteiger partial charge in [-0.25, -0.2) is 14.4 Å². The van der Waals surface area contributed by atoms with Gasteiger partial charge in [-0.15, -0.1) is 0 Å². The van der Waals surface area contributed by atoms with Crippen molar-refractivity contribution in [3.8, 4) is 0 Å². The quantitative estimate of drug-likeness (QED) is 0.194. The first-order valence-electron chi connectivity index (χ1n) is 18.2. The second kappa shape index (κ2) is 23.7. The number of hydrogen-bond acceptors (Lipinski definition) is 9. The molecule has 3 radical (unpaired) electrons. The van der Waals surface area contributed by atoms with Gasteiger partial charge in [-0.05, 0) is 53.8 Å². The molecule has 2 aliphatic heterocycles. The summed E-state index contributed by atoms with van der Waals surface area (Å²) >= 11 is 0. The minimum atomic E-state index is -2.01. The van der Waals surface area contributed by atoms with Gasteiger partial charge < -0.3 is 34.5 Å². The molecule has 4 atom stereocenters. The maximum atomic E-state index is 12.6. The molecule has 2 aromatic carbocycles. The average molecular weight is 814 g/mol. The van der Waals surface area contributed by atoms with Crippen molar-refractivity contribution in [1.29, 1.82) is 0 Å². The largest absolute Gasteiger partial charge is 1.00 e. The standard InChI is InChI=1S/C20H31NO5Si.C19H31NO4Si.CH4.B.FH.Li.H/c1-20(2,3)27(5,6)26-16-12-17(18(22)24-4)21(13-16)19(23)25-14-15-10-8-7-9-11-15;1-19(2,3)25(4,5)24-17-11-16(13-21)20(12-17)18(22)23-14-15-9-7-6-8-10-15;;;;;/h7-11,16-17H,12-14H2,1-6H3;6-10,16-17,21H,11-14H2,1-5H3;1H4;;1H;;/q;;;;;+1;-1/t2*16-,17-;;;;;/m11...../s1. The molecule has 2 aliphatic rings. The monoisotopic (exact) mass is 813 g/mol. The van der Waals surface area contributed by atoms with E-state index in [9.17, 15) is 19.5 Å². The van der Waals surface area contributed by atoms with Crippen molar-refractivity contribution in [2.45, 2.75) is 136 Å². The van der Waals surface area contributed by atoms with Crippen LogP contribution in [0.1, 0.15) is 74.4 Å². The number of esters is 1. The fourth-order valence-electron chi connectivity index (χ4n) is 5.59. The van der Waals surface area contributed by atoms with Gasteiger partial charge in [0.25, 0.3) is 0 Å². The topological polar surface area (TPSA) is 124 Å². The average Bonchev–Trinajstić information content (AvgIpc) is 3.69. The Hall–Kier alpha value is -2.64. The number of rotatable bonds is 10. The number of aliphatic hydroxyl groups excluding tert-OH is 1. The van der Waals surface area contributed by atoms with Crippen molar-refractivity contribution < 1.29 is 67.5 Å². The fourth-order valence-corrected chi connectivity index (χ4v) is 8.31. The van der Waals surface area contributed by atoms with Crippen molar-refractivity contribution in [2.75, 3.05) is 26.8 Å². The van der Waals surface area contributed by atoms with E-state index in [-0.39, 0.29) is 95.1 Å². The zero-order valence-corrected chi connectivity index (χ0v) is 37.1. The van der Waals surface area contributed by atoms with Crippen molar-refractivity contribution >= 4 is 43.2 Å². The van der Waals surface area contributed by atoms with E-state index in [2.05, 4.69) is 67.7 Å². The molecule has 0 aromatic heterocycles. The van der Waals surface area contributed by atoms with Crippen molar-refractivity contribution in [2.24, 2.45) is 0 Å². The molecule has 311 valence electrons. The molecule has 56 heavy (non-hydrogen) atoms. The predicted octanol–water partition coefficient (Wildman–Crippen LogP) is 5.27. The summed E-state index contributed by atoms with van der Waals surface area (Å²) in [5.74, 6) is -0.437. The minimum absolute atomic E-state index is 0. The molecule has 0 bridgehead atoms. The molecule has 2 heterocycles. The Morgan fingerprint density at radius 3 is 1.48 bits per heavy atom. The Labute approximate surface area is 353 Å². The van der Waals surface area contributed by atoms with E-state index in [0.717, 1.165) is 11.1 Å².